The molecular weight excluding hydrogens is 412 g/mol. The maximum absolute atomic E-state index is 12.3. The summed E-state index contributed by atoms with van der Waals surface area (Å²) in [7, 11) is -1.27. The van der Waals surface area contributed by atoms with Crippen molar-refractivity contribution in [3.05, 3.63) is 69.8 Å². The SMILES string of the molecule is COc1ccc(Cc2cc([N+](=O)[O-])cc(S(N)(=O)=O)c2-n2cnc(C)c2)c(OC)c1. The number of imidazole rings is 1. The van der Waals surface area contributed by atoms with E-state index in [2.05, 4.69) is 4.98 Å². The van der Waals surface area contributed by atoms with Gasteiger partial charge in [-0.25, -0.2) is 18.5 Å². The fourth-order valence-electron chi connectivity index (χ4n) is 3.15. The van der Waals surface area contributed by atoms with Crippen molar-refractivity contribution in [2.75, 3.05) is 14.2 Å². The van der Waals surface area contributed by atoms with E-state index in [-0.39, 0.29) is 22.7 Å². The summed E-state index contributed by atoms with van der Waals surface area (Å²) in [5.74, 6) is 1.07. The fraction of sp³-hybridized carbons (Fsp3) is 0.211. The highest BCUT2D eigenvalue weighted by atomic mass is 32.2. The Labute approximate surface area is 173 Å². The number of hydrogen-bond donors (Lipinski definition) is 1. The van der Waals surface area contributed by atoms with Gasteiger partial charge in [-0.2, -0.15) is 0 Å². The van der Waals surface area contributed by atoms with Crippen molar-refractivity contribution in [2.45, 2.75) is 18.2 Å². The lowest BCUT2D eigenvalue weighted by Crippen LogP contribution is -2.17. The van der Waals surface area contributed by atoms with Crippen molar-refractivity contribution in [3.8, 4) is 17.2 Å². The number of hydrogen-bond acceptors (Lipinski definition) is 7. The lowest BCUT2D eigenvalue weighted by molar-refractivity contribution is -0.385. The fourth-order valence-corrected chi connectivity index (χ4v) is 3.94. The molecule has 0 aliphatic carbocycles. The van der Waals surface area contributed by atoms with Crippen LogP contribution in [0.4, 0.5) is 5.69 Å². The molecule has 2 N–H and O–H groups in total. The van der Waals surface area contributed by atoms with Gasteiger partial charge in [0.1, 0.15) is 16.4 Å². The third kappa shape index (κ3) is 4.26. The van der Waals surface area contributed by atoms with E-state index in [9.17, 15) is 18.5 Å². The van der Waals surface area contributed by atoms with E-state index in [4.69, 9.17) is 14.6 Å². The van der Waals surface area contributed by atoms with Crippen LogP contribution in [0.1, 0.15) is 16.8 Å². The zero-order chi connectivity index (χ0) is 22.1. The molecule has 30 heavy (non-hydrogen) atoms. The third-order valence-corrected chi connectivity index (χ3v) is 5.43. The van der Waals surface area contributed by atoms with Gasteiger partial charge in [-0.15, -0.1) is 0 Å². The molecule has 10 nitrogen and oxygen atoms in total. The van der Waals surface area contributed by atoms with E-state index in [0.717, 1.165) is 6.07 Å². The van der Waals surface area contributed by atoms with E-state index in [1.807, 2.05) is 0 Å². The second kappa shape index (κ2) is 8.13. The minimum absolute atomic E-state index is 0.143. The van der Waals surface area contributed by atoms with Crippen LogP contribution in [0.15, 0.2) is 47.8 Å². The molecule has 2 aromatic carbocycles. The Kier molecular flexibility index (Phi) is 5.76. The van der Waals surface area contributed by atoms with Crippen LogP contribution in [-0.2, 0) is 16.4 Å². The monoisotopic (exact) mass is 432 g/mol. The van der Waals surface area contributed by atoms with Gasteiger partial charge >= 0.3 is 0 Å². The number of nitrogens with two attached hydrogens (primary N) is 1. The third-order valence-electron chi connectivity index (χ3n) is 4.50. The van der Waals surface area contributed by atoms with Crippen LogP contribution in [0.25, 0.3) is 5.69 Å². The summed E-state index contributed by atoms with van der Waals surface area (Å²) in [6, 6.07) is 7.42. The number of nitro groups is 1. The number of aromatic nitrogens is 2. The second-order valence-electron chi connectivity index (χ2n) is 6.53. The smallest absolute Gasteiger partial charge is 0.271 e. The molecule has 0 radical (unpaired) electrons. The molecule has 3 aromatic rings. The van der Waals surface area contributed by atoms with Gasteiger partial charge in [0.15, 0.2) is 0 Å². The number of methoxy groups -OCH3 is 2. The van der Waals surface area contributed by atoms with Crippen LogP contribution in [0.3, 0.4) is 0 Å². The minimum atomic E-state index is -4.27. The van der Waals surface area contributed by atoms with Gasteiger partial charge in [0.2, 0.25) is 10.0 Å². The molecule has 0 fully saturated rings. The van der Waals surface area contributed by atoms with Crippen molar-refractivity contribution in [3.63, 3.8) is 0 Å². The Morgan fingerprint density at radius 2 is 1.90 bits per heavy atom. The topological polar surface area (TPSA) is 140 Å². The van der Waals surface area contributed by atoms with Gasteiger partial charge < -0.3 is 14.0 Å². The summed E-state index contributed by atoms with van der Waals surface area (Å²) >= 11 is 0. The Bertz CT molecular complexity index is 1220. The standard InChI is InChI=1S/C19H20N4O6S/c1-12-10-22(11-21-12)19-14(6-13-4-5-16(28-2)9-17(13)29-3)7-15(23(24)25)8-18(19)30(20,26)27/h4-5,7-11H,6H2,1-3H3,(H2,20,26,27). The molecule has 1 heterocycles. The molecule has 0 atom stereocenters. The Balaban J connectivity index is 2.29. The van der Waals surface area contributed by atoms with Crippen LogP contribution in [0, 0.1) is 17.0 Å². The number of benzene rings is 2. The van der Waals surface area contributed by atoms with Gasteiger partial charge in [0, 0.05) is 30.8 Å². The summed E-state index contributed by atoms with van der Waals surface area (Å²) < 4.78 is 36.7. The number of rotatable bonds is 7. The lowest BCUT2D eigenvalue weighted by Gasteiger charge is -2.16. The molecule has 0 saturated heterocycles. The lowest BCUT2D eigenvalue weighted by atomic mass is 10.0. The molecule has 0 unspecified atom stereocenters. The highest BCUT2D eigenvalue weighted by Gasteiger charge is 2.25. The van der Waals surface area contributed by atoms with Crippen molar-refractivity contribution in [1.29, 1.82) is 0 Å². The van der Waals surface area contributed by atoms with E-state index in [1.165, 1.54) is 31.2 Å². The zero-order valence-electron chi connectivity index (χ0n) is 16.5. The van der Waals surface area contributed by atoms with Crippen LogP contribution in [0.5, 0.6) is 11.5 Å². The van der Waals surface area contributed by atoms with Gasteiger partial charge in [0.25, 0.3) is 5.69 Å². The average molecular weight is 432 g/mol. The molecule has 0 aliphatic heterocycles. The van der Waals surface area contributed by atoms with Gasteiger partial charge in [0.05, 0.1) is 36.9 Å². The Hall–Kier alpha value is -3.44. The molecule has 0 amide bonds. The molecule has 0 bridgehead atoms. The predicted octanol–water partition coefficient (Wildman–Crippen LogP) is 2.34. The van der Waals surface area contributed by atoms with Gasteiger partial charge in [-0.3, -0.25) is 10.1 Å². The van der Waals surface area contributed by atoms with Gasteiger partial charge in [-0.1, -0.05) is 6.07 Å². The van der Waals surface area contributed by atoms with Crippen molar-refractivity contribution in [2.24, 2.45) is 5.14 Å². The number of nitrogens with zero attached hydrogens (tertiary/aromatic N) is 3. The molecule has 1 aromatic heterocycles. The first kappa shape index (κ1) is 21.3. The Morgan fingerprint density at radius 1 is 1.17 bits per heavy atom. The summed E-state index contributed by atoms with van der Waals surface area (Å²) in [4.78, 5) is 14.6. The highest BCUT2D eigenvalue weighted by Crippen LogP contribution is 2.33. The number of sulfonamides is 1. The molecule has 0 aliphatic rings. The van der Waals surface area contributed by atoms with Crippen molar-refractivity contribution < 1.29 is 22.8 Å². The van der Waals surface area contributed by atoms with Gasteiger partial charge in [-0.05, 0) is 24.1 Å². The van der Waals surface area contributed by atoms with Crippen molar-refractivity contribution in [1.82, 2.24) is 9.55 Å². The number of nitro benzene ring substituents is 1. The number of primary sulfonamides is 1. The highest BCUT2D eigenvalue weighted by molar-refractivity contribution is 7.89. The Morgan fingerprint density at radius 3 is 2.43 bits per heavy atom. The van der Waals surface area contributed by atoms with Crippen LogP contribution < -0.4 is 14.6 Å². The predicted molar refractivity (Wildman–Crippen MR) is 109 cm³/mol. The summed E-state index contributed by atoms with van der Waals surface area (Å²) in [6.07, 6.45) is 3.19. The van der Waals surface area contributed by atoms with E-state index < -0.39 is 14.9 Å². The summed E-state index contributed by atoms with van der Waals surface area (Å²) in [5, 5.41) is 16.9. The first-order valence-electron chi connectivity index (χ1n) is 8.70. The quantitative estimate of drug-likeness (QED) is 0.446. The summed E-state index contributed by atoms with van der Waals surface area (Å²) in [5.41, 5.74) is 1.50. The minimum Gasteiger partial charge on any atom is -0.497 e. The summed E-state index contributed by atoms with van der Waals surface area (Å²) in [6.45, 7) is 1.74. The number of ether oxygens (including phenoxy) is 2. The molecule has 11 heteroatoms. The zero-order valence-corrected chi connectivity index (χ0v) is 17.3. The molecule has 0 spiro atoms. The maximum atomic E-state index is 12.3. The second-order valence-corrected chi connectivity index (χ2v) is 8.06. The number of aryl methyl sites for hydroxylation is 1. The first-order chi connectivity index (χ1) is 14.1. The van der Waals surface area contributed by atoms with E-state index >= 15 is 0 Å². The molecule has 158 valence electrons. The van der Waals surface area contributed by atoms with Crippen molar-refractivity contribution >= 4 is 15.7 Å². The van der Waals surface area contributed by atoms with Crippen LogP contribution in [-0.4, -0.2) is 37.1 Å². The maximum Gasteiger partial charge on any atom is 0.271 e. The normalized spacial score (nSPS) is 11.3. The largest absolute Gasteiger partial charge is 0.497 e. The number of non-ortho nitro benzene ring substituents is 1. The van der Waals surface area contributed by atoms with Crippen LogP contribution in [0.2, 0.25) is 0 Å². The van der Waals surface area contributed by atoms with E-state index in [0.29, 0.717) is 28.3 Å². The average Bonchev–Trinajstić information content (AvgIpc) is 3.12. The van der Waals surface area contributed by atoms with Crippen LogP contribution >= 0.6 is 0 Å². The molecular formula is C19H20N4O6S. The molecule has 0 saturated carbocycles. The van der Waals surface area contributed by atoms with E-state index in [1.54, 1.807) is 31.3 Å². The molecule has 3 rings (SSSR count). The first-order valence-corrected chi connectivity index (χ1v) is 10.2.